The Morgan fingerprint density at radius 3 is 3.12 bits per heavy atom. The summed E-state index contributed by atoms with van der Waals surface area (Å²) in [5, 5.41) is 12.7. The van der Waals surface area contributed by atoms with Crippen LogP contribution < -0.4 is 5.32 Å². The van der Waals surface area contributed by atoms with Gasteiger partial charge in [0.2, 0.25) is 0 Å². The fourth-order valence-corrected chi connectivity index (χ4v) is 2.02. The van der Waals surface area contributed by atoms with Gasteiger partial charge in [0.15, 0.2) is 5.82 Å². The van der Waals surface area contributed by atoms with Crippen molar-refractivity contribution in [3.63, 3.8) is 0 Å². The van der Waals surface area contributed by atoms with Crippen LogP contribution in [-0.4, -0.2) is 21.6 Å². The molecule has 2 N–H and O–H groups in total. The van der Waals surface area contributed by atoms with Gasteiger partial charge in [-0.25, -0.2) is 9.97 Å². The summed E-state index contributed by atoms with van der Waals surface area (Å²) in [5.74, 6) is 0.908. The van der Waals surface area contributed by atoms with E-state index >= 15 is 0 Å². The Morgan fingerprint density at radius 1 is 1.29 bits per heavy atom. The number of phenolic OH excluding ortho intramolecular Hbond substituents is 1. The van der Waals surface area contributed by atoms with Gasteiger partial charge in [-0.15, -0.1) is 0 Å². The summed E-state index contributed by atoms with van der Waals surface area (Å²) in [5.41, 5.74) is 3.12. The Bertz CT molecular complexity index is 554. The molecule has 1 aromatic carbocycles. The Kier molecular flexibility index (Phi) is 2.49. The van der Waals surface area contributed by atoms with Crippen molar-refractivity contribution < 1.29 is 5.11 Å². The van der Waals surface area contributed by atoms with E-state index in [1.165, 1.54) is 5.56 Å². The molecule has 1 aliphatic heterocycles. The molecule has 0 amide bonds. The van der Waals surface area contributed by atoms with Crippen molar-refractivity contribution in [2.24, 2.45) is 0 Å². The minimum Gasteiger partial charge on any atom is -0.508 e. The molecular weight excluding hydrogens is 214 g/mol. The van der Waals surface area contributed by atoms with E-state index in [1.54, 1.807) is 18.2 Å². The van der Waals surface area contributed by atoms with E-state index in [9.17, 15) is 5.11 Å². The third kappa shape index (κ3) is 1.99. The van der Waals surface area contributed by atoms with Crippen LogP contribution in [0.5, 0.6) is 5.75 Å². The monoisotopic (exact) mass is 227 g/mol. The quantitative estimate of drug-likeness (QED) is 0.775. The molecule has 0 aliphatic carbocycles. The van der Waals surface area contributed by atoms with Gasteiger partial charge >= 0.3 is 0 Å². The molecule has 2 heterocycles. The Hall–Kier alpha value is -1.94. The SMILES string of the molecule is Oc1cccc(-c2ncc3c(n2)CNCC3)c1. The molecule has 0 saturated heterocycles. The van der Waals surface area contributed by atoms with Crippen LogP contribution in [0.1, 0.15) is 11.3 Å². The third-order valence-electron chi connectivity index (χ3n) is 2.92. The van der Waals surface area contributed by atoms with Gasteiger partial charge in [-0.3, -0.25) is 0 Å². The van der Waals surface area contributed by atoms with Crippen LogP contribution in [0.15, 0.2) is 30.5 Å². The second kappa shape index (κ2) is 4.14. The lowest BCUT2D eigenvalue weighted by molar-refractivity contribution is 0.475. The minimum absolute atomic E-state index is 0.238. The summed E-state index contributed by atoms with van der Waals surface area (Å²) in [6, 6.07) is 7.02. The number of aromatic hydroxyl groups is 1. The summed E-state index contributed by atoms with van der Waals surface area (Å²) in [6.45, 7) is 1.78. The average molecular weight is 227 g/mol. The van der Waals surface area contributed by atoms with Crippen LogP contribution in [0, 0.1) is 0 Å². The van der Waals surface area contributed by atoms with E-state index in [0.29, 0.717) is 5.82 Å². The van der Waals surface area contributed by atoms with Gasteiger partial charge in [0.25, 0.3) is 0 Å². The van der Waals surface area contributed by atoms with Gasteiger partial charge in [-0.1, -0.05) is 12.1 Å². The minimum atomic E-state index is 0.238. The molecule has 0 radical (unpaired) electrons. The zero-order chi connectivity index (χ0) is 11.7. The van der Waals surface area contributed by atoms with Crippen LogP contribution in [0.25, 0.3) is 11.4 Å². The first-order valence-electron chi connectivity index (χ1n) is 5.68. The van der Waals surface area contributed by atoms with Crippen LogP contribution in [0.4, 0.5) is 0 Å². The van der Waals surface area contributed by atoms with Gasteiger partial charge in [-0.2, -0.15) is 0 Å². The lowest BCUT2D eigenvalue weighted by Gasteiger charge is -2.16. The molecule has 2 aromatic rings. The summed E-state index contributed by atoms with van der Waals surface area (Å²) < 4.78 is 0. The summed E-state index contributed by atoms with van der Waals surface area (Å²) in [4.78, 5) is 8.89. The number of hydrogen-bond donors (Lipinski definition) is 2. The molecule has 4 nitrogen and oxygen atoms in total. The average Bonchev–Trinajstić information content (AvgIpc) is 2.38. The van der Waals surface area contributed by atoms with E-state index < -0.39 is 0 Å². The Morgan fingerprint density at radius 2 is 2.24 bits per heavy atom. The number of aromatic nitrogens is 2. The Balaban J connectivity index is 2.04. The molecule has 3 rings (SSSR count). The summed E-state index contributed by atoms with van der Waals surface area (Å²) in [6.07, 6.45) is 2.87. The molecule has 0 unspecified atom stereocenters. The number of hydrogen-bond acceptors (Lipinski definition) is 4. The smallest absolute Gasteiger partial charge is 0.159 e. The standard InChI is InChI=1S/C13H13N3O/c17-11-3-1-2-9(6-11)13-15-7-10-4-5-14-8-12(10)16-13/h1-3,6-7,14,17H,4-5,8H2. The first-order valence-corrected chi connectivity index (χ1v) is 5.68. The zero-order valence-corrected chi connectivity index (χ0v) is 9.35. The van der Waals surface area contributed by atoms with E-state index in [-0.39, 0.29) is 5.75 Å². The molecule has 0 spiro atoms. The van der Waals surface area contributed by atoms with Gasteiger partial charge in [0.1, 0.15) is 5.75 Å². The van der Waals surface area contributed by atoms with Crippen molar-refractivity contribution in [3.05, 3.63) is 41.7 Å². The highest BCUT2D eigenvalue weighted by Gasteiger charge is 2.12. The van der Waals surface area contributed by atoms with E-state index in [1.807, 2.05) is 12.3 Å². The van der Waals surface area contributed by atoms with Gasteiger partial charge in [0.05, 0.1) is 5.69 Å². The molecule has 17 heavy (non-hydrogen) atoms. The number of fused-ring (bicyclic) bond motifs is 1. The second-order valence-corrected chi connectivity index (χ2v) is 4.14. The zero-order valence-electron chi connectivity index (χ0n) is 9.35. The fraction of sp³-hybridized carbons (Fsp3) is 0.231. The molecule has 1 aromatic heterocycles. The van der Waals surface area contributed by atoms with Crippen molar-refractivity contribution in [1.29, 1.82) is 0 Å². The van der Waals surface area contributed by atoms with Crippen molar-refractivity contribution in [3.8, 4) is 17.1 Å². The molecule has 1 aliphatic rings. The molecule has 4 heteroatoms. The molecule has 0 saturated carbocycles. The highest BCUT2D eigenvalue weighted by molar-refractivity contribution is 5.57. The number of rotatable bonds is 1. The molecule has 0 bridgehead atoms. The molecular formula is C13H13N3O. The molecule has 0 fully saturated rings. The summed E-state index contributed by atoms with van der Waals surface area (Å²) >= 11 is 0. The molecule has 86 valence electrons. The van der Waals surface area contributed by atoms with Crippen LogP contribution >= 0.6 is 0 Å². The number of phenols is 1. The second-order valence-electron chi connectivity index (χ2n) is 4.14. The van der Waals surface area contributed by atoms with Crippen LogP contribution in [0.3, 0.4) is 0 Å². The first kappa shape index (κ1) is 10.2. The normalized spacial score (nSPS) is 14.4. The van der Waals surface area contributed by atoms with Crippen molar-refractivity contribution in [2.75, 3.05) is 6.54 Å². The van der Waals surface area contributed by atoms with E-state index in [2.05, 4.69) is 15.3 Å². The fourth-order valence-electron chi connectivity index (χ4n) is 2.02. The maximum absolute atomic E-state index is 9.44. The van der Waals surface area contributed by atoms with Crippen molar-refractivity contribution in [1.82, 2.24) is 15.3 Å². The predicted molar refractivity (Wildman–Crippen MR) is 64.5 cm³/mol. The lowest BCUT2D eigenvalue weighted by atomic mass is 10.1. The largest absolute Gasteiger partial charge is 0.508 e. The van der Waals surface area contributed by atoms with Crippen LogP contribution in [0.2, 0.25) is 0 Å². The maximum Gasteiger partial charge on any atom is 0.159 e. The van der Waals surface area contributed by atoms with Gasteiger partial charge in [0, 0.05) is 18.3 Å². The summed E-state index contributed by atoms with van der Waals surface area (Å²) in [7, 11) is 0. The number of nitrogens with one attached hydrogen (secondary N) is 1. The maximum atomic E-state index is 9.44. The van der Waals surface area contributed by atoms with Crippen molar-refractivity contribution in [2.45, 2.75) is 13.0 Å². The molecule has 0 atom stereocenters. The number of nitrogens with zero attached hydrogens (tertiary/aromatic N) is 2. The highest BCUT2D eigenvalue weighted by Crippen LogP contribution is 2.21. The predicted octanol–water partition coefficient (Wildman–Crippen LogP) is 1.49. The van der Waals surface area contributed by atoms with Crippen LogP contribution in [-0.2, 0) is 13.0 Å². The third-order valence-corrected chi connectivity index (χ3v) is 2.92. The van der Waals surface area contributed by atoms with Gasteiger partial charge < -0.3 is 10.4 Å². The number of benzene rings is 1. The van der Waals surface area contributed by atoms with Crippen molar-refractivity contribution >= 4 is 0 Å². The first-order chi connectivity index (χ1) is 8.33. The van der Waals surface area contributed by atoms with E-state index in [0.717, 1.165) is 30.8 Å². The Labute approximate surface area is 99.4 Å². The van der Waals surface area contributed by atoms with Gasteiger partial charge in [-0.05, 0) is 30.7 Å². The van der Waals surface area contributed by atoms with E-state index in [4.69, 9.17) is 0 Å². The topological polar surface area (TPSA) is 58.0 Å². The lowest BCUT2D eigenvalue weighted by Crippen LogP contribution is -2.25. The highest BCUT2D eigenvalue weighted by atomic mass is 16.3.